The molecule has 84 valence electrons. The zero-order valence-corrected chi connectivity index (χ0v) is 9.03. The van der Waals surface area contributed by atoms with Gasteiger partial charge in [0, 0.05) is 17.6 Å². The summed E-state index contributed by atoms with van der Waals surface area (Å²) in [6, 6.07) is 7.20. The first kappa shape index (κ1) is 10.9. The molecule has 1 unspecified atom stereocenters. The standard InChI is InChI=1S/C12H14N2O2/c1-7-4-9-5-8(11(15)6-13)2-3-10(9)14-12(7)16/h2-5,11,15H,6,13H2,1H3,(H,14,16). The van der Waals surface area contributed by atoms with Crippen molar-refractivity contribution in [2.75, 3.05) is 6.54 Å². The number of rotatable bonds is 2. The maximum absolute atomic E-state index is 11.4. The minimum absolute atomic E-state index is 0.0837. The average Bonchev–Trinajstić information content (AvgIpc) is 2.29. The summed E-state index contributed by atoms with van der Waals surface area (Å²) < 4.78 is 0. The summed E-state index contributed by atoms with van der Waals surface area (Å²) in [5.41, 5.74) is 7.50. The van der Waals surface area contributed by atoms with Crippen molar-refractivity contribution in [1.82, 2.24) is 4.98 Å². The number of aromatic amines is 1. The number of hydrogen-bond donors (Lipinski definition) is 3. The fourth-order valence-electron chi connectivity index (χ4n) is 1.68. The van der Waals surface area contributed by atoms with Crippen LogP contribution in [0.1, 0.15) is 17.2 Å². The Balaban J connectivity index is 2.62. The minimum atomic E-state index is -0.656. The summed E-state index contributed by atoms with van der Waals surface area (Å²) in [6.45, 7) is 1.94. The Labute approximate surface area is 92.7 Å². The van der Waals surface area contributed by atoms with Gasteiger partial charge in [0.15, 0.2) is 0 Å². The maximum Gasteiger partial charge on any atom is 0.251 e. The van der Waals surface area contributed by atoms with Crippen LogP contribution in [0.2, 0.25) is 0 Å². The molecule has 0 fully saturated rings. The van der Waals surface area contributed by atoms with Gasteiger partial charge in [0.05, 0.1) is 6.10 Å². The zero-order valence-electron chi connectivity index (χ0n) is 9.03. The molecule has 1 heterocycles. The van der Waals surface area contributed by atoms with Crippen LogP contribution in [0.15, 0.2) is 29.1 Å². The number of aliphatic hydroxyl groups is 1. The smallest absolute Gasteiger partial charge is 0.251 e. The van der Waals surface area contributed by atoms with Crippen LogP contribution in [0.4, 0.5) is 0 Å². The zero-order chi connectivity index (χ0) is 11.7. The first-order chi connectivity index (χ1) is 7.61. The number of fused-ring (bicyclic) bond motifs is 1. The van der Waals surface area contributed by atoms with Gasteiger partial charge in [0.2, 0.25) is 0 Å². The molecule has 4 nitrogen and oxygen atoms in total. The van der Waals surface area contributed by atoms with Crippen molar-refractivity contribution in [2.45, 2.75) is 13.0 Å². The Kier molecular flexibility index (Phi) is 2.77. The lowest BCUT2D eigenvalue weighted by Crippen LogP contribution is -2.12. The molecule has 0 aliphatic carbocycles. The molecule has 0 radical (unpaired) electrons. The lowest BCUT2D eigenvalue weighted by molar-refractivity contribution is 0.187. The molecule has 0 spiro atoms. The molecule has 4 N–H and O–H groups in total. The van der Waals surface area contributed by atoms with Crippen LogP contribution in [-0.2, 0) is 0 Å². The highest BCUT2D eigenvalue weighted by Crippen LogP contribution is 2.18. The third-order valence-electron chi connectivity index (χ3n) is 2.66. The summed E-state index contributed by atoms with van der Waals surface area (Å²) in [5.74, 6) is 0. The summed E-state index contributed by atoms with van der Waals surface area (Å²) in [4.78, 5) is 14.2. The van der Waals surface area contributed by atoms with Crippen LogP contribution in [-0.4, -0.2) is 16.6 Å². The monoisotopic (exact) mass is 218 g/mol. The number of aryl methyl sites for hydroxylation is 1. The normalized spacial score (nSPS) is 12.9. The van der Waals surface area contributed by atoms with Gasteiger partial charge in [-0.1, -0.05) is 6.07 Å². The van der Waals surface area contributed by atoms with Crippen molar-refractivity contribution in [2.24, 2.45) is 5.73 Å². The molecule has 2 rings (SSSR count). The Morgan fingerprint density at radius 1 is 1.44 bits per heavy atom. The molecule has 0 aliphatic heterocycles. The molecule has 4 heteroatoms. The van der Waals surface area contributed by atoms with E-state index >= 15 is 0 Å². The lowest BCUT2D eigenvalue weighted by Gasteiger charge is -2.09. The van der Waals surface area contributed by atoms with Crippen LogP contribution < -0.4 is 11.3 Å². The molecular weight excluding hydrogens is 204 g/mol. The number of aliphatic hydroxyl groups excluding tert-OH is 1. The van der Waals surface area contributed by atoms with Gasteiger partial charge in [-0.2, -0.15) is 0 Å². The van der Waals surface area contributed by atoms with Crippen LogP contribution >= 0.6 is 0 Å². The molecule has 0 bridgehead atoms. The molecule has 1 aromatic heterocycles. The van der Waals surface area contributed by atoms with E-state index in [9.17, 15) is 9.90 Å². The molecule has 1 atom stereocenters. The Hall–Kier alpha value is -1.65. The molecule has 1 aromatic carbocycles. The van der Waals surface area contributed by atoms with E-state index < -0.39 is 6.10 Å². The van der Waals surface area contributed by atoms with E-state index in [1.165, 1.54) is 0 Å². The molecular formula is C12H14N2O2. The summed E-state index contributed by atoms with van der Waals surface area (Å²) >= 11 is 0. The Bertz CT molecular complexity index is 575. The Morgan fingerprint density at radius 2 is 2.19 bits per heavy atom. The van der Waals surface area contributed by atoms with Crippen molar-refractivity contribution in [3.63, 3.8) is 0 Å². The van der Waals surface area contributed by atoms with Gasteiger partial charge < -0.3 is 15.8 Å². The highest BCUT2D eigenvalue weighted by atomic mass is 16.3. The fraction of sp³-hybridized carbons (Fsp3) is 0.250. The van der Waals surface area contributed by atoms with Gasteiger partial charge in [-0.05, 0) is 36.1 Å². The third kappa shape index (κ3) is 1.85. The fourth-order valence-corrected chi connectivity index (χ4v) is 1.68. The predicted octanol–water partition coefficient (Wildman–Crippen LogP) is 0.829. The largest absolute Gasteiger partial charge is 0.387 e. The third-order valence-corrected chi connectivity index (χ3v) is 2.66. The first-order valence-electron chi connectivity index (χ1n) is 5.13. The average molecular weight is 218 g/mol. The summed E-state index contributed by atoms with van der Waals surface area (Å²) in [5, 5.41) is 10.5. The van der Waals surface area contributed by atoms with Crippen LogP contribution in [0.3, 0.4) is 0 Å². The van der Waals surface area contributed by atoms with Crippen molar-refractivity contribution in [3.8, 4) is 0 Å². The molecule has 0 aliphatic rings. The van der Waals surface area contributed by atoms with Crippen LogP contribution in [0, 0.1) is 6.92 Å². The number of aromatic nitrogens is 1. The van der Waals surface area contributed by atoms with Gasteiger partial charge in [-0.25, -0.2) is 0 Å². The van der Waals surface area contributed by atoms with E-state index in [4.69, 9.17) is 5.73 Å². The van der Waals surface area contributed by atoms with Gasteiger partial charge >= 0.3 is 0 Å². The Morgan fingerprint density at radius 3 is 2.88 bits per heavy atom. The van der Waals surface area contributed by atoms with Gasteiger partial charge in [0.25, 0.3) is 5.56 Å². The highest BCUT2D eigenvalue weighted by molar-refractivity contribution is 5.79. The molecule has 0 saturated heterocycles. The van der Waals surface area contributed by atoms with E-state index in [2.05, 4.69) is 4.98 Å². The number of nitrogens with one attached hydrogen (secondary N) is 1. The lowest BCUT2D eigenvalue weighted by atomic mass is 10.1. The van der Waals surface area contributed by atoms with Crippen LogP contribution in [0.25, 0.3) is 10.9 Å². The van der Waals surface area contributed by atoms with E-state index in [0.717, 1.165) is 16.5 Å². The van der Waals surface area contributed by atoms with Gasteiger partial charge in [-0.15, -0.1) is 0 Å². The number of nitrogens with two attached hydrogens (primary N) is 1. The topological polar surface area (TPSA) is 79.1 Å². The number of pyridine rings is 1. The van der Waals surface area contributed by atoms with Crippen molar-refractivity contribution in [1.29, 1.82) is 0 Å². The quantitative estimate of drug-likeness (QED) is 0.698. The second-order valence-corrected chi connectivity index (χ2v) is 3.88. The van der Waals surface area contributed by atoms with Gasteiger partial charge in [-0.3, -0.25) is 4.79 Å². The van der Waals surface area contributed by atoms with Gasteiger partial charge in [0.1, 0.15) is 0 Å². The first-order valence-corrected chi connectivity index (χ1v) is 5.13. The van der Waals surface area contributed by atoms with E-state index in [1.807, 2.05) is 6.07 Å². The predicted molar refractivity (Wildman–Crippen MR) is 63.3 cm³/mol. The summed E-state index contributed by atoms with van der Waals surface area (Å²) in [7, 11) is 0. The SMILES string of the molecule is Cc1cc2cc(C(O)CN)ccc2[nH]c1=O. The van der Waals surface area contributed by atoms with E-state index in [0.29, 0.717) is 5.56 Å². The second-order valence-electron chi connectivity index (χ2n) is 3.88. The van der Waals surface area contributed by atoms with Crippen molar-refractivity contribution < 1.29 is 5.11 Å². The molecule has 16 heavy (non-hydrogen) atoms. The second kappa shape index (κ2) is 4.08. The maximum atomic E-state index is 11.4. The molecule has 0 amide bonds. The number of benzene rings is 1. The van der Waals surface area contributed by atoms with Crippen LogP contribution in [0.5, 0.6) is 0 Å². The van der Waals surface area contributed by atoms with E-state index in [-0.39, 0.29) is 12.1 Å². The molecule has 0 saturated carbocycles. The number of H-pyrrole nitrogens is 1. The van der Waals surface area contributed by atoms with E-state index in [1.54, 1.807) is 25.1 Å². The highest BCUT2D eigenvalue weighted by Gasteiger charge is 2.06. The van der Waals surface area contributed by atoms with Crippen molar-refractivity contribution in [3.05, 3.63) is 45.7 Å². The molecule has 2 aromatic rings. The van der Waals surface area contributed by atoms with Crippen molar-refractivity contribution >= 4 is 10.9 Å². The minimum Gasteiger partial charge on any atom is -0.387 e. The summed E-state index contributed by atoms with van der Waals surface area (Å²) in [6.07, 6.45) is -0.656. The number of hydrogen-bond acceptors (Lipinski definition) is 3.